The van der Waals surface area contributed by atoms with E-state index in [9.17, 15) is 0 Å². The summed E-state index contributed by atoms with van der Waals surface area (Å²) in [5, 5.41) is 15.9. The number of anilines is 1. The Bertz CT molecular complexity index is 443. The standard InChI is InChI=1S/C7H8ClN5O/c8-5-3-6(9-1-2-14)13-7(12-5)10-4-11-13/h3-4,9,14H,1-2H2. The van der Waals surface area contributed by atoms with Gasteiger partial charge in [-0.3, -0.25) is 0 Å². The molecule has 2 N–H and O–H groups in total. The van der Waals surface area contributed by atoms with E-state index in [-0.39, 0.29) is 6.61 Å². The normalized spacial score (nSPS) is 10.7. The summed E-state index contributed by atoms with van der Waals surface area (Å²) in [5.41, 5.74) is 0. The van der Waals surface area contributed by atoms with Crippen molar-refractivity contribution in [2.75, 3.05) is 18.5 Å². The third-order valence-electron chi connectivity index (χ3n) is 1.64. The predicted octanol–water partition coefficient (Wildman–Crippen LogP) is 0.182. The number of hydrogen-bond acceptors (Lipinski definition) is 5. The molecule has 0 bridgehead atoms. The average molecular weight is 214 g/mol. The molecule has 0 saturated carbocycles. The number of aromatic nitrogens is 4. The van der Waals surface area contributed by atoms with Gasteiger partial charge in [0.25, 0.3) is 5.78 Å². The van der Waals surface area contributed by atoms with Gasteiger partial charge in [-0.1, -0.05) is 11.6 Å². The van der Waals surface area contributed by atoms with Gasteiger partial charge in [0.2, 0.25) is 0 Å². The van der Waals surface area contributed by atoms with E-state index < -0.39 is 0 Å². The van der Waals surface area contributed by atoms with Crippen molar-refractivity contribution >= 4 is 23.2 Å². The molecule has 0 amide bonds. The molecule has 0 aliphatic heterocycles. The first-order valence-electron chi connectivity index (χ1n) is 4.02. The highest BCUT2D eigenvalue weighted by atomic mass is 35.5. The third kappa shape index (κ3) is 1.61. The molecule has 0 radical (unpaired) electrons. The van der Waals surface area contributed by atoms with Crippen LogP contribution >= 0.6 is 11.6 Å². The Morgan fingerprint density at radius 1 is 1.57 bits per heavy atom. The van der Waals surface area contributed by atoms with Gasteiger partial charge in [0.15, 0.2) is 0 Å². The SMILES string of the molecule is OCCNc1cc(Cl)nc2ncnn12. The molecular weight excluding hydrogens is 206 g/mol. The van der Waals surface area contributed by atoms with E-state index in [0.29, 0.717) is 23.3 Å². The lowest BCUT2D eigenvalue weighted by atomic mass is 10.5. The molecule has 0 unspecified atom stereocenters. The smallest absolute Gasteiger partial charge is 0.255 e. The molecule has 0 aromatic carbocycles. The van der Waals surface area contributed by atoms with E-state index in [1.807, 2.05) is 0 Å². The maximum absolute atomic E-state index is 8.66. The van der Waals surface area contributed by atoms with E-state index in [1.165, 1.54) is 10.8 Å². The highest BCUT2D eigenvalue weighted by Gasteiger charge is 2.04. The number of hydrogen-bond donors (Lipinski definition) is 2. The number of nitrogens with zero attached hydrogens (tertiary/aromatic N) is 4. The van der Waals surface area contributed by atoms with Crippen molar-refractivity contribution in [3.05, 3.63) is 17.5 Å². The van der Waals surface area contributed by atoms with Gasteiger partial charge in [-0.2, -0.15) is 19.6 Å². The van der Waals surface area contributed by atoms with E-state index in [4.69, 9.17) is 16.7 Å². The highest BCUT2D eigenvalue weighted by Crippen LogP contribution is 2.13. The highest BCUT2D eigenvalue weighted by molar-refractivity contribution is 6.29. The van der Waals surface area contributed by atoms with Gasteiger partial charge >= 0.3 is 0 Å². The van der Waals surface area contributed by atoms with E-state index in [2.05, 4.69) is 20.4 Å². The van der Waals surface area contributed by atoms with Crippen LogP contribution in [-0.4, -0.2) is 37.8 Å². The van der Waals surface area contributed by atoms with Crippen LogP contribution in [0, 0.1) is 0 Å². The Morgan fingerprint density at radius 2 is 2.43 bits per heavy atom. The molecule has 6 nitrogen and oxygen atoms in total. The van der Waals surface area contributed by atoms with Crippen LogP contribution < -0.4 is 5.32 Å². The molecule has 0 aliphatic carbocycles. The molecule has 74 valence electrons. The van der Waals surface area contributed by atoms with Gasteiger partial charge in [0.05, 0.1) is 6.61 Å². The van der Waals surface area contributed by atoms with Crippen molar-refractivity contribution in [3.8, 4) is 0 Å². The number of fused-ring (bicyclic) bond motifs is 1. The van der Waals surface area contributed by atoms with Crippen LogP contribution in [0.5, 0.6) is 0 Å². The van der Waals surface area contributed by atoms with E-state index in [0.717, 1.165) is 0 Å². The van der Waals surface area contributed by atoms with Crippen molar-refractivity contribution in [3.63, 3.8) is 0 Å². The second-order valence-electron chi connectivity index (χ2n) is 2.59. The molecule has 14 heavy (non-hydrogen) atoms. The summed E-state index contributed by atoms with van der Waals surface area (Å²) in [5.74, 6) is 1.09. The largest absolute Gasteiger partial charge is 0.395 e. The molecule has 7 heteroatoms. The Hall–Kier alpha value is -1.40. The summed E-state index contributed by atoms with van der Waals surface area (Å²) in [6, 6.07) is 1.62. The van der Waals surface area contributed by atoms with Gasteiger partial charge in [0.1, 0.15) is 17.3 Å². The minimum atomic E-state index is 0.0378. The zero-order valence-corrected chi connectivity index (χ0v) is 7.94. The second kappa shape index (κ2) is 3.77. The molecule has 2 heterocycles. The lowest BCUT2D eigenvalue weighted by Gasteiger charge is -2.05. The topological polar surface area (TPSA) is 75.3 Å². The van der Waals surface area contributed by atoms with Gasteiger partial charge < -0.3 is 10.4 Å². The van der Waals surface area contributed by atoms with Crippen molar-refractivity contribution in [1.82, 2.24) is 19.6 Å². The van der Waals surface area contributed by atoms with Crippen LogP contribution in [-0.2, 0) is 0 Å². The molecule has 0 atom stereocenters. The molecule has 2 aromatic rings. The average Bonchev–Trinajstić information content (AvgIpc) is 2.61. The molecule has 0 fully saturated rings. The number of aliphatic hydroxyl groups excluding tert-OH is 1. The quantitative estimate of drug-likeness (QED) is 0.712. The fraction of sp³-hybridized carbons (Fsp3) is 0.286. The zero-order chi connectivity index (χ0) is 9.97. The van der Waals surface area contributed by atoms with Crippen molar-refractivity contribution in [2.45, 2.75) is 0 Å². The molecule has 0 saturated heterocycles. The second-order valence-corrected chi connectivity index (χ2v) is 2.97. The summed E-state index contributed by atoms with van der Waals surface area (Å²) in [6.45, 7) is 0.464. The van der Waals surface area contributed by atoms with E-state index in [1.54, 1.807) is 6.07 Å². The van der Waals surface area contributed by atoms with Crippen molar-refractivity contribution in [1.29, 1.82) is 0 Å². The van der Waals surface area contributed by atoms with Crippen LogP contribution in [0.3, 0.4) is 0 Å². The van der Waals surface area contributed by atoms with E-state index >= 15 is 0 Å². The lowest BCUT2D eigenvalue weighted by molar-refractivity contribution is 0.311. The van der Waals surface area contributed by atoms with Gasteiger partial charge in [-0.25, -0.2) is 0 Å². The number of rotatable bonds is 3. The van der Waals surface area contributed by atoms with Crippen LogP contribution in [0.1, 0.15) is 0 Å². The van der Waals surface area contributed by atoms with Crippen molar-refractivity contribution < 1.29 is 5.11 Å². The summed E-state index contributed by atoms with van der Waals surface area (Å²) < 4.78 is 1.52. The van der Waals surface area contributed by atoms with Gasteiger partial charge in [-0.05, 0) is 0 Å². The van der Waals surface area contributed by atoms with Gasteiger partial charge in [0, 0.05) is 12.6 Å². The van der Waals surface area contributed by atoms with Gasteiger partial charge in [-0.15, -0.1) is 0 Å². The summed E-state index contributed by atoms with van der Waals surface area (Å²) in [4.78, 5) is 7.86. The predicted molar refractivity (Wildman–Crippen MR) is 51.4 cm³/mol. The molecule has 2 aromatic heterocycles. The zero-order valence-electron chi connectivity index (χ0n) is 7.18. The summed E-state index contributed by atoms with van der Waals surface area (Å²) in [7, 11) is 0. The fourth-order valence-corrected chi connectivity index (χ4v) is 1.27. The molecule has 2 rings (SSSR count). The summed E-state index contributed by atoms with van der Waals surface area (Å²) in [6.07, 6.45) is 1.39. The summed E-state index contributed by atoms with van der Waals surface area (Å²) >= 11 is 5.76. The Morgan fingerprint density at radius 3 is 3.21 bits per heavy atom. The minimum absolute atomic E-state index is 0.0378. The Kier molecular flexibility index (Phi) is 2.47. The number of nitrogens with one attached hydrogen (secondary N) is 1. The molecule has 0 aliphatic rings. The monoisotopic (exact) mass is 213 g/mol. The van der Waals surface area contributed by atoms with Crippen LogP contribution in [0.2, 0.25) is 5.15 Å². The maximum Gasteiger partial charge on any atom is 0.255 e. The van der Waals surface area contributed by atoms with Crippen LogP contribution in [0.15, 0.2) is 12.4 Å². The first-order valence-corrected chi connectivity index (χ1v) is 4.40. The maximum atomic E-state index is 8.66. The Balaban J connectivity index is 2.44. The van der Waals surface area contributed by atoms with Crippen LogP contribution in [0.4, 0.5) is 5.82 Å². The third-order valence-corrected chi connectivity index (χ3v) is 1.83. The first kappa shape index (κ1) is 9.17. The minimum Gasteiger partial charge on any atom is -0.395 e. The lowest BCUT2D eigenvalue weighted by Crippen LogP contribution is -2.10. The number of aliphatic hydroxyl groups is 1. The Labute approximate surface area is 84.6 Å². The fourth-order valence-electron chi connectivity index (χ4n) is 1.09. The molecule has 0 spiro atoms. The van der Waals surface area contributed by atoms with Crippen molar-refractivity contribution in [2.24, 2.45) is 0 Å². The first-order chi connectivity index (χ1) is 6.81. The number of halogens is 1. The van der Waals surface area contributed by atoms with Crippen LogP contribution in [0.25, 0.3) is 5.78 Å². The molecular formula is C7H8ClN5O.